The summed E-state index contributed by atoms with van der Waals surface area (Å²) < 4.78 is 47.0. The number of likely N-dealkylation sites (tertiary alicyclic amines) is 1. The van der Waals surface area contributed by atoms with Crippen molar-refractivity contribution in [3.63, 3.8) is 0 Å². The van der Waals surface area contributed by atoms with Crippen molar-refractivity contribution in [1.29, 1.82) is 0 Å². The fourth-order valence-corrected chi connectivity index (χ4v) is 5.80. The van der Waals surface area contributed by atoms with Gasteiger partial charge in [-0.2, -0.15) is 0 Å². The number of methoxy groups -OCH3 is 1. The molecule has 1 aliphatic heterocycles. The zero-order chi connectivity index (χ0) is 28.8. The summed E-state index contributed by atoms with van der Waals surface area (Å²) in [5, 5.41) is 10.2. The van der Waals surface area contributed by atoms with Crippen molar-refractivity contribution in [2.75, 3.05) is 39.2 Å². The van der Waals surface area contributed by atoms with Gasteiger partial charge in [-0.3, -0.25) is 15.0 Å². The molecule has 1 amide bonds. The molecule has 0 spiro atoms. The van der Waals surface area contributed by atoms with Gasteiger partial charge in [-0.05, 0) is 81.8 Å². The Kier molecular flexibility index (Phi) is 9.86. The number of halogens is 3. The summed E-state index contributed by atoms with van der Waals surface area (Å²) in [5.74, 6) is -2.60. The average Bonchev–Trinajstić information content (AvgIpc) is 2.94. The first-order valence-electron chi connectivity index (χ1n) is 13.7. The van der Waals surface area contributed by atoms with Crippen molar-refractivity contribution in [2.24, 2.45) is 5.92 Å². The minimum Gasteiger partial charge on any atom is -0.497 e. The molecule has 3 aromatic rings. The van der Waals surface area contributed by atoms with Crippen molar-refractivity contribution in [1.82, 2.24) is 15.4 Å². The molecule has 216 valence electrons. The normalized spacial score (nSPS) is 17.7. The van der Waals surface area contributed by atoms with Gasteiger partial charge in [0.1, 0.15) is 23.2 Å². The second kappa shape index (κ2) is 13.3. The van der Waals surface area contributed by atoms with Crippen LogP contribution in [0.3, 0.4) is 0 Å². The quantitative estimate of drug-likeness (QED) is 0.247. The lowest BCUT2D eigenvalue weighted by Crippen LogP contribution is -2.46. The maximum atomic E-state index is 14.1. The zero-order valence-electron chi connectivity index (χ0n) is 23.2. The topological polar surface area (TPSA) is 77.9 Å². The number of rotatable bonds is 11. The van der Waals surface area contributed by atoms with E-state index in [9.17, 15) is 23.2 Å². The number of hydroxylamine groups is 1. The van der Waals surface area contributed by atoms with E-state index in [1.807, 2.05) is 43.4 Å². The SMILES string of the molecule is COc1ccc2ncc(N(C)C)c(CCCC3CC(C(=O)NO)CCN3CCCc3c(F)cc(F)cc3F)c2c1. The van der Waals surface area contributed by atoms with Crippen molar-refractivity contribution in [3.8, 4) is 5.75 Å². The number of hydrogen-bond acceptors (Lipinski definition) is 6. The highest BCUT2D eigenvalue weighted by Gasteiger charge is 2.32. The van der Waals surface area contributed by atoms with E-state index in [-0.39, 0.29) is 29.9 Å². The predicted octanol–water partition coefficient (Wildman–Crippen LogP) is 5.27. The number of ether oxygens (including phenoxy) is 1. The number of hydrogen-bond donors (Lipinski definition) is 2. The van der Waals surface area contributed by atoms with Crippen LogP contribution in [-0.4, -0.2) is 61.3 Å². The summed E-state index contributed by atoms with van der Waals surface area (Å²) in [4.78, 5) is 21.1. The van der Waals surface area contributed by atoms with Gasteiger partial charge < -0.3 is 14.5 Å². The number of aryl methyl sites for hydroxylation is 1. The van der Waals surface area contributed by atoms with Crippen LogP contribution >= 0.6 is 0 Å². The molecule has 1 fully saturated rings. The second-order valence-corrected chi connectivity index (χ2v) is 10.6. The van der Waals surface area contributed by atoms with Crippen molar-refractivity contribution in [2.45, 2.75) is 51.0 Å². The van der Waals surface area contributed by atoms with Crippen LogP contribution in [-0.2, 0) is 17.6 Å². The summed E-state index contributed by atoms with van der Waals surface area (Å²) >= 11 is 0. The van der Waals surface area contributed by atoms with Crippen molar-refractivity contribution in [3.05, 3.63) is 65.1 Å². The first-order valence-corrected chi connectivity index (χ1v) is 13.7. The molecule has 0 aliphatic carbocycles. The first-order chi connectivity index (χ1) is 19.2. The molecule has 7 nitrogen and oxygen atoms in total. The number of nitrogens with one attached hydrogen (secondary N) is 1. The Hall–Kier alpha value is -3.37. The van der Waals surface area contributed by atoms with E-state index in [2.05, 4.69) is 9.88 Å². The number of benzene rings is 2. The maximum absolute atomic E-state index is 14.1. The Morgan fingerprint density at radius 1 is 1.12 bits per heavy atom. The van der Waals surface area contributed by atoms with Gasteiger partial charge in [0.15, 0.2) is 0 Å². The number of anilines is 1. The van der Waals surface area contributed by atoms with Crippen molar-refractivity contribution < 1.29 is 27.9 Å². The summed E-state index contributed by atoms with van der Waals surface area (Å²) in [5.41, 5.74) is 4.77. The lowest BCUT2D eigenvalue weighted by molar-refractivity contribution is -0.135. The van der Waals surface area contributed by atoms with Crippen LogP contribution in [0.5, 0.6) is 5.75 Å². The van der Waals surface area contributed by atoms with E-state index >= 15 is 0 Å². The van der Waals surface area contributed by atoms with E-state index < -0.39 is 17.5 Å². The van der Waals surface area contributed by atoms with E-state index in [1.165, 1.54) is 5.56 Å². The van der Waals surface area contributed by atoms with E-state index in [4.69, 9.17) is 4.74 Å². The highest BCUT2D eigenvalue weighted by Crippen LogP contribution is 2.32. The van der Waals surface area contributed by atoms with E-state index in [0.717, 1.165) is 41.6 Å². The molecule has 1 saturated heterocycles. The number of fused-ring (bicyclic) bond motifs is 1. The Morgan fingerprint density at radius 2 is 1.85 bits per heavy atom. The number of carbonyl (C=O) groups excluding carboxylic acids is 1. The van der Waals surface area contributed by atoms with Gasteiger partial charge in [0.25, 0.3) is 0 Å². The van der Waals surface area contributed by atoms with E-state index in [1.54, 1.807) is 12.6 Å². The minimum absolute atomic E-state index is 0.0596. The van der Waals surface area contributed by atoms with Gasteiger partial charge in [-0.25, -0.2) is 18.7 Å². The van der Waals surface area contributed by atoms with Crippen LogP contribution in [0, 0.1) is 23.4 Å². The largest absolute Gasteiger partial charge is 0.497 e. The number of piperidine rings is 1. The Morgan fingerprint density at radius 3 is 2.52 bits per heavy atom. The number of pyridine rings is 1. The van der Waals surface area contributed by atoms with Crippen molar-refractivity contribution >= 4 is 22.5 Å². The third kappa shape index (κ3) is 6.85. The van der Waals surface area contributed by atoms with Crippen LogP contribution in [0.15, 0.2) is 36.5 Å². The Labute approximate surface area is 232 Å². The highest BCUT2D eigenvalue weighted by atomic mass is 19.1. The summed E-state index contributed by atoms with van der Waals surface area (Å²) in [6, 6.07) is 7.33. The summed E-state index contributed by atoms with van der Waals surface area (Å²) in [6.07, 6.45) is 6.12. The zero-order valence-corrected chi connectivity index (χ0v) is 23.2. The standard InChI is InChI=1S/C30H37F3N4O3/c1-36(2)29-18-34-28-10-9-22(40-3)17-25(28)23(29)7-4-6-21-14-19(30(38)35-39)11-13-37(21)12-5-8-24-26(32)15-20(31)16-27(24)33/h9-10,15-19,21,39H,4-8,11-14H2,1-3H3,(H,35,38). The monoisotopic (exact) mass is 558 g/mol. The van der Waals surface area contributed by atoms with Crippen LogP contribution in [0.25, 0.3) is 10.9 Å². The second-order valence-electron chi connectivity index (χ2n) is 10.6. The molecular formula is C30H37F3N4O3. The molecule has 1 aliphatic rings. The summed E-state index contributed by atoms with van der Waals surface area (Å²) in [7, 11) is 5.61. The molecule has 0 radical (unpaired) electrons. The first kappa shape index (κ1) is 29.6. The molecule has 2 atom stereocenters. The smallest absolute Gasteiger partial charge is 0.246 e. The molecular weight excluding hydrogens is 521 g/mol. The lowest BCUT2D eigenvalue weighted by atomic mass is 9.87. The van der Waals surface area contributed by atoms with Gasteiger partial charge in [0, 0.05) is 49.1 Å². The minimum atomic E-state index is -0.930. The predicted molar refractivity (Wildman–Crippen MR) is 148 cm³/mol. The molecule has 2 unspecified atom stereocenters. The van der Waals surface area contributed by atoms with Crippen LogP contribution in [0.1, 0.15) is 43.2 Å². The van der Waals surface area contributed by atoms with Gasteiger partial charge in [-0.1, -0.05) is 0 Å². The third-order valence-corrected chi connectivity index (χ3v) is 7.91. The summed E-state index contributed by atoms with van der Waals surface area (Å²) in [6.45, 7) is 1.22. The molecule has 2 N–H and O–H groups in total. The Bertz CT molecular complexity index is 1310. The number of amides is 1. The number of carbonyl (C=O) groups is 1. The molecule has 40 heavy (non-hydrogen) atoms. The molecule has 0 bridgehead atoms. The van der Waals surface area contributed by atoms with Gasteiger partial charge in [0.2, 0.25) is 5.91 Å². The van der Waals surface area contributed by atoms with Crippen LogP contribution in [0.4, 0.5) is 18.9 Å². The highest BCUT2D eigenvalue weighted by molar-refractivity contribution is 5.88. The molecule has 4 rings (SSSR count). The molecule has 1 aromatic heterocycles. The van der Waals surface area contributed by atoms with Gasteiger partial charge in [0.05, 0.1) is 24.5 Å². The molecule has 2 heterocycles. The fraction of sp³-hybridized carbons (Fsp3) is 0.467. The fourth-order valence-electron chi connectivity index (χ4n) is 5.80. The average molecular weight is 559 g/mol. The van der Waals surface area contributed by atoms with E-state index in [0.29, 0.717) is 44.5 Å². The number of aromatic nitrogens is 1. The molecule has 2 aromatic carbocycles. The van der Waals surface area contributed by atoms with Crippen LogP contribution < -0.4 is 15.1 Å². The Balaban J connectivity index is 1.47. The third-order valence-electron chi connectivity index (χ3n) is 7.91. The number of nitrogens with zero attached hydrogens (tertiary/aromatic N) is 3. The molecule has 10 heteroatoms. The lowest BCUT2D eigenvalue weighted by Gasteiger charge is -2.39. The maximum Gasteiger partial charge on any atom is 0.246 e. The van der Waals surface area contributed by atoms with Gasteiger partial charge >= 0.3 is 0 Å². The molecule has 0 saturated carbocycles. The van der Waals surface area contributed by atoms with Gasteiger partial charge in [-0.15, -0.1) is 0 Å². The van der Waals surface area contributed by atoms with Crippen LogP contribution in [0.2, 0.25) is 0 Å².